The summed E-state index contributed by atoms with van der Waals surface area (Å²) in [5.74, 6) is 2.59. The Morgan fingerprint density at radius 2 is 1.41 bits per heavy atom. The van der Waals surface area contributed by atoms with Crippen LogP contribution in [0.5, 0.6) is 5.75 Å². The molecule has 1 saturated carbocycles. The number of halogens is 3. The lowest BCUT2D eigenvalue weighted by molar-refractivity contribution is -0.136. The van der Waals surface area contributed by atoms with E-state index in [0.717, 1.165) is 18.3 Å². The molecule has 4 heteroatoms. The molecule has 1 aliphatic carbocycles. The molecule has 0 spiro atoms. The van der Waals surface area contributed by atoms with Gasteiger partial charge in [-0.15, -0.1) is 0 Å². The molecule has 2 rings (SSSR count). The molecular formula is C25H39F3O. The fourth-order valence-corrected chi connectivity index (χ4v) is 4.47. The van der Waals surface area contributed by atoms with Crippen LogP contribution >= 0.6 is 0 Å². The van der Waals surface area contributed by atoms with Gasteiger partial charge in [0.25, 0.3) is 0 Å². The van der Waals surface area contributed by atoms with Gasteiger partial charge in [0.1, 0.15) is 5.75 Å². The quantitative estimate of drug-likeness (QED) is 0.295. The van der Waals surface area contributed by atoms with Gasteiger partial charge in [-0.3, -0.25) is 0 Å². The SMILES string of the molecule is CCCCCC1CCC(CCCCc2ccc(OCCCC(F)(F)F)cc2)CC1. The van der Waals surface area contributed by atoms with E-state index in [4.69, 9.17) is 4.74 Å². The molecule has 166 valence electrons. The molecule has 0 amide bonds. The summed E-state index contributed by atoms with van der Waals surface area (Å²) >= 11 is 0. The topological polar surface area (TPSA) is 9.23 Å². The van der Waals surface area contributed by atoms with Crippen LogP contribution in [0.3, 0.4) is 0 Å². The Morgan fingerprint density at radius 1 is 0.828 bits per heavy atom. The highest BCUT2D eigenvalue weighted by atomic mass is 19.4. The summed E-state index contributed by atoms with van der Waals surface area (Å²) in [6.07, 6.45) is 11.4. The Morgan fingerprint density at radius 3 is 1.97 bits per heavy atom. The fourth-order valence-electron chi connectivity index (χ4n) is 4.47. The highest BCUT2D eigenvalue weighted by Crippen LogP contribution is 2.34. The first-order valence-corrected chi connectivity index (χ1v) is 11.7. The lowest BCUT2D eigenvalue weighted by Crippen LogP contribution is -2.14. The van der Waals surface area contributed by atoms with Crippen molar-refractivity contribution < 1.29 is 17.9 Å². The van der Waals surface area contributed by atoms with Crippen LogP contribution in [0.1, 0.15) is 96.0 Å². The van der Waals surface area contributed by atoms with Crippen LogP contribution in [-0.4, -0.2) is 12.8 Å². The first-order valence-electron chi connectivity index (χ1n) is 11.7. The third-order valence-electron chi connectivity index (χ3n) is 6.31. The molecule has 1 aliphatic rings. The third kappa shape index (κ3) is 11.0. The highest BCUT2D eigenvalue weighted by molar-refractivity contribution is 5.27. The van der Waals surface area contributed by atoms with E-state index in [1.165, 1.54) is 76.2 Å². The lowest BCUT2D eigenvalue weighted by atomic mass is 9.78. The van der Waals surface area contributed by atoms with E-state index in [0.29, 0.717) is 5.75 Å². The molecular weight excluding hydrogens is 373 g/mol. The van der Waals surface area contributed by atoms with E-state index in [9.17, 15) is 13.2 Å². The van der Waals surface area contributed by atoms with E-state index >= 15 is 0 Å². The summed E-state index contributed by atoms with van der Waals surface area (Å²) in [4.78, 5) is 0. The average molecular weight is 413 g/mol. The first-order chi connectivity index (χ1) is 14.0. The normalized spacial score (nSPS) is 20.0. The zero-order valence-electron chi connectivity index (χ0n) is 18.1. The second kappa shape index (κ2) is 13.2. The smallest absolute Gasteiger partial charge is 0.389 e. The van der Waals surface area contributed by atoms with Gasteiger partial charge >= 0.3 is 6.18 Å². The molecule has 0 aliphatic heterocycles. The van der Waals surface area contributed by atoms with Crippen molar-refractivity contribution in [2.45, 2.75) is 103 Å². The Bertz CT molecular complexity index is 530. The standard InChI is InChI=1S/C25H39F3O/c1-2-3-4-8-21-11-13-22(14-12-21)9-5-6-10-23-15-17-24(18-16-23)29-20-7-19-25(26,27)28/h15-18,21-22H,2-14,19-20H2,1H3. The second-order valence-corrected chi connectivity index (χ2v) is 8.84. The number of alkyl halides is 3. The van der Waals surface area contributed by atoms with Crippen molar-refractivity contribution in [3.8, 4) is 5.75 Å². The Hall–Kier alpha value is -1.19. The van der Waals surface area contributed by atoms with E-state index in [1.807, 2.05) is 24.3 Å². The van der Waals surface area contributed by atoms with Gasteiger partial charge in [0, 0.05) is 6.42 Å². The van der Waals surface area contributed by atoms with E-state index in [-0.39, 0.29) is 13.0 Å². The Balaban J connectivity index is 1.52. The molecule has 0 heterocycles. The summed E-state index contributed by atoms with van der Waals surface area (Å²) < 4.78 is 41.8. The minimum atomic E-state index is -4.10. The molecule has 1 aromatic rings. The molecule has 0 unspecified atom stereocenters. The number of hydrogen-bond donors (Lipinski definition) is 0. The van der Waals surface area contributed by atoms with Crippen LogP contribution in [0, 0.1) is 11.8 Å². The Labute approximate surface area is 175 Å². The van der Waals surface area contributed by atoms with Crippen molar-refractivity contribution in [1.82, 2.24) is 0 Å². The van der Waals surface area contributed by atoms with E-state index < -0.39 is 12.6 Å². The average Bonchev–Trinajstić information content (AvgIpc) is 2.70. The minimum Gasteiger partial charge on any atom is -0.494 e. The molecule has 0 atom stereocenters. The maximum atomic E-state index is 12.1. The van der Waals surface area contributed by atoms with Crippen LogP contribution in [-0.2, 0) is 6.42 Å². The Kier molecular flexibility index (Phi) is 10.9. The van der Waals surface area contributed by atoms with Crippen LogP contribution in [0.15, 0.2) is 24.3 Å². The van der Waals surface area contributed by atoms with Gasteiger partial charge in [-0.05, 0) is 48.8 Å². The van der Waals surface area contributed by atoms with Crippen molar-refractivity contribution in [1.29, 1.82) is 0 Å². The molecule has 1 nitrogen and oxygen atoms in total. The predicted molar refractivity (Wildman–Crippen MR) is 114 cm³/mol. The van der Waals surface area contributed by atoms with Crippen molar-refractivity contribution in [3.63, 3.8) is 0 Å². The summed E-state index contributed by atoms with van der Waals surface area (Å²) in [5.41, 5.74) is 1.28. The van der Waals surface area contributed by atoms with Crippen molar-refractivity contribution in [3.05, 3.63) is 29.8 Å². The largest absolute Gasteiger partial charge is 0.494 e. The van der Waals surface area contributed by atoms with Crippen molar-refractivity contribution >= 4 is 0 Å². The van der Waals surface area contributed by atoms with E-state index in [1.54, 1.807) is 0 Å². The van der Waals surface area contributed by atoms with Gasteiger partial charge in [0.2, 0.25) is 0 Å². The highest BCUT2D eigenvalue weighted by Gasteiger charge is 2.26. The van der Waals surface area contributed by atoms with Crippen molar-refractivity contribution in [2.75, 3.05) is 6.61 Å². The predicted octanol–water partition coefficient (Wildman–Crippen LogP) is 8.51. The van der Waals surface area contributed by atoms with Gasteiger partial charge in [-0.25, -0.2) is 0 Å². The summed E-state index contributed by atoms with van der Waals surface area (Å²) in [6.45, 7) is 2.39. The third-order valence-corrected chi connectivity index (χ3v) is 6.31. The van der Waals surface area contributed by atoms with Crippen LogP contribution in [0.25, 0.3) is 0 Å². The van der Waals surface area contributed by atoms with Crippen molar-refractivity contribution in [2.24, 2.45) is 11.8 Å². The van der Waals surface area contributed by atoms with Gasteiger partial charge in [0.05, 0.1) is 6.61 Å². The van der Waals surface area contributed by atoms with Gasteiger partial charge in [0.15, 0.2) is 0 Å². The number of hydrogen-bond acceptors (Lipinski definition) is 1. The lowest BCUT2D eigenvalue weighted by Gasteiger charge is -2.28. The zero-order chi connectivity index (χ0) is 21.0. The molecule has 0 aromatic heterocycles. The molecule has 1 fully saturated rings. The fraction of sp³-hybridized carbons (Fsp3) is 0.760. The molecule has 1 aromatic carbocycles. The number of unbranched alkanes of at least 4 members (excludes halogenated alkanes) is 3. The summed E-state index contributed by atoms with van der Waals surface area (Å²) in [5, 5.41) is 0. The molecule has 0 saturated heterocycles. The zero-order valence-corrected chi connectivity index (χ0v) is 18.1. The number of aryl methyl sites for hydroxylation is 1. The number of ether oxygens (including phenoxy) is 1. The van der Waals surface area contributed by atoms with Gasteiger partial charge in [-0.1, -0.05) is 83.3 Å². The van der Waals surface area contributed by atoms with Crippen LogP contribution < -0.4 is 4.74 Å². The van der Waals surface area contributed by atoms with Crippen LogP contribution in [0.4, 0.5) is 13.2 Å². The van der Waals surface area contributed by atoms with Gasteiger partial charge in [-0.2, -0.15) is 13.2 Å². The summed E-state index contributed by atoms with van der Waals surface area (Å²) in [7, 11) is 0. The summed E-state index contributed by atoms with van der Waals surface area (Å²) in [6, 6.07) is 7.84. The minimum absolute atomic E-state index is 0.00586. The molecule has 0 N–H and O–H groups in total. The number of benzene rings is 1. The monoisotopic (exact) mass is 412 g/mol. The van der Waals surface area contributed by atoms with Gasteiger partial charge < -0.3 is 4.74 Å². The molecule has 0 bridgehead atoms. The van der Waals surface area contributed by atoms with E-state index in [2.05, 4.69) is 6.92 Å². The number of rotatable bonds is 13. The van der Waals surface area contributed by atoms with Crippen LogP contribution in [0.2, 0.25) is 0 Å². The maximum absolute atomic E-state index is 12.1. The molecule has 0 radical (unpaired) electrons. The second-order valence-electron chi connectivity index (χ2n) is 8.84. The maximum Gasteiger partial charge on any atom is 0.389 e. The molecule has 29 heavy (non-hydrogen) atoms. The first kappa shape index (κ1) is 24.1.